The van der Waals surface area contributed by atoms with Gasteiger partial charge in [-0.15, -0.1) is 5.10 Å². The Bertz CT molecular complexity index is 1160. The lowest BCUT2D eigenvalue weighted by molar-refractivity contribution is -0.142. The molecular weight excluding hydrogens is 441 g/mol. The van der Waals surface area contributed by atoms with Crippen LogP contribution in [0.4, 0.5) is 4.39 Å². The second kappa shape index (κ2) is 9.54. The van der Waals surface area contributed by atoms with Crippen LogP contribution >= 0.6 is 12.2 Å². The van der Waals surface area contributed by atoms with Crippen LogP contribution in [0, 0.1) is 10.6 Å². The van der Waals surface area contributed by atoms with E-state index in [0.29, 0.717) is 37.0 Å². The van der Waals surface area contributed by atoms with Crippen LogP contribution < -0.4 is 0 Å². The first kappa shape index (κ1) is 21.9. The number of ether oxygens (including phenoxy) is 1. The summed E-state index contributed by atoms with van der Waals surface area (Å²) in [5.74, 6) is 0.518. The zero-order valence-corrected chi connectivity index (χ0v) is 19.1. The van der Waals surface area contributed by atoms with Gasteiger partial charge < -0.3 is 9.64 Å². The largest absolute Gasteiger partial charge is 0.368 e. The molecule has 7 nitrogen and oxygen atoms in total. The molecule has 0 aliphatic carbocycles. The lowest BCUT2D eigenvalue weighted by Crippen LogP contribution is -2.51. The van der Waals surface area contributed by atoms with Crippen LogP contribution in [-0.4, -0.2) is 68.9 Å². The number of halogens is 1. The van der Waals surface area contributed by atoms with Crippen LogP contribution in [0.15, 0.2) is 54.6 Å². The molecule has 2 aliphatic heterocycles. The zero-order chi connectivity index (χ0) is 22.8. The maximum atomic E-state index is 13.5. The molecule has 0 unspecified atom stereocenters. The Kier molecular flexibility index (Phi) is 6.34. The molecular formula is C24H26FN5O2S. The monoisotopic (exact) mass is 467 g/mol. The maximum Gasteiger partial charge on any atom is 0.251 e. The number of hydrogen-bond donors (Lipinski definition) is 0. The van der Waals surface area contributed by atoms with Gasteiger partial charge in [0.2, 0.25) is 4.77 Å². The number of nitrogens with zero attached hydrogens (tertiary/aromatic N) is 5. The van der Waals surface area contributed by atoms with Gasteiger partial charge in [0.25, 0.3) is 5.91 Å². The molecule has 3 heterocycles. The fraction of sp³-hybridized carbons (Fsp3) is 0.375. The van der Waals surface area contributed by atoms with Crippen molar-refractivity contribution in [3.63, 3.8) is 0 Å². The van der Waals surface area contributed by atoms with Crippen LogP contribution in [0.3, 0.4) is 0 Å². The van der Waals surface area contributed by atoms with Gasteiger partial charge in [0, 0.05) is 38.3 Å². The number of piperazine rings is 1. The van der Waals surface area contributed by atoms with Gasteiger partial charge in [-0.1, -0.05) is 30.3 Å². The van der Waals surface area contributed by atoms with E-state index in [1.807, 2.05) is 39.8 Å². The topological polar surface area (TPSA) is 55.5 Å². The Morgan fingerprint density at radius 2 is 1.79 bits per heavy atom. The lowest BCUT2D eigenvalue weighted by Gasteiger charge is -2.35. The highest BCUT2D eigenvalue weighted by atomic mass is 32.1. The summed E-state index contributed by atoms with van der Waals surface area (Å²) in [7, 11) is 0. The Hall–Kier alpha value is -2.88. The quantitative estimate of drug-likeness (QED) is 0.538. The first-order valence-electron chi connectivity index (χ1n) is 11.2. The number of benzene rings is 2. The van der Waals surface area contributed by atoms with E-state index < -0.39 is 0 Å². The minimum Gasteiger partial charge on any atom is -0.368 e. The minimum absolute atomic E-state index is 0.107. The third kappa shape index (κ3) is 4.62. The Labute approximate surface area is 197 Å². The van der Waals surface area contributed by atoms with Crippen LogP contribution in [0.25, 0.3) is 17.1 Å². The number of carbonyl (C=O) groups excluding carboxylic acids is 1. The molecule has 172 valence electrons. The molecule has 0 saturated carbocycles. The minimum atomic E-state index is -0.297. The van der Waals surface area contributed by atoms with Crippen LogP contribution in [0.2, 0.25) is 0 Å². The van der Waals surface area contributed by atoms with E-state index in [4.69, 9.17) is 22.1 Å². The molecule has 5 rings (SSSR count). The lowest BCUT2D eigenvalue weighted by atomic mass is 10.2. The number of carbonyl (C=O) groups is 1. The zero-order valence-electron chi connectivity index (χ0n) is 18.3. The Morgan fingerprint density at radius 1 is 1.06 bits per heavy atom. The van der Waals surface area contributed by atoms with E-state index in [1.54, 1.807) is 16.8 Å². The van der Waals surface area contributed by atoms with Gasteiger partial charge in [-0.2, -0.15) is 0 Å². The highest BCUT2D eigenvalue weighted by Crippen LogP contribution is 2.23. The molecule has 0 spiro atoms. The molecule has 2 aliphatic rings. The van der Waals surface area contributed by atoms with E-state index in [9.17, 15) is 9.18 Å². The van der Waals surface area contributed by atoms with Crippen molar-refractivity contribution in [1.82, 2.24) is 24.1 Å². The first-order chi connectivity index (χ1) is 16.1. The summed E-state index contributed by atoms with van der Waals surface area (Å²) in [4.78, 5) is 16.8. The fourth-order valence-electron chi connectivity index (χ4n) is 4.37. The molecule has 1 amide bonds. The van der Waals surface area contributed by atoms with Crippen molar-refractivity contribution in [3.05, 3.63) is 65.2 Å². The highest BCUT2D eigenvalue weighted by molar-refractivity contribution is 7.71. The van der Waals surface area contributed by atoms with Crippen molar-refractivity contribution in [2.24, 2.45) is 0 Å². The number of aromatic nitrogens is 3. The summed E-state index contributed by atoms with van der Waals surface area (Å²) in [6, 6.07) is 16.1. The van der Waals surface area contributed by atoms with E-state index >= 15 is 0 Å². The Balaban J connectivity index is 1.36. The van der Waals surface area contributed by atoms with E-state index in [-0.39, 0.29) is 17.8 Å². The molecule has 0 N–H and O–H groups in total. The molecule has 0 radical (unpaired) electrons. The fourth-order valence-corrected chi connectivity index (χ4v) is 4.66. The number of amides is 1. The van der Waals surface area contributed by atoms with Gasteiger partial charge in [0.05, 0.1) is 12.4 Å². The molecule has 2 aromatic carbocycles. The van der Waals surface area contributed by atoms with Gasteiger partial charge in [0.15, 0.2) is 5.82 Å². The molecule has 2 fully saturated rings. The molecule has 1 atom stereocenters. The average molecular weight is 468 g/mol. The van der Waals surface area contributed by atoms with Crippen molar-refractivity contribution in [1.29, 1.82) is 0 Å². The van der Waals surface area contributed by atoms with E-state index in [2.05, 4.69) is 4.90 Å². The summed E-state index contributed by atoms with van der Waals surface area (Å²) in [5.41, 5.74) is 1.69. The third-order valence-electron chi connectivity index (χ3n) is 6.18. The maximum absolute atomic E-state index is 13.5. The van der Waals surface area contributed by atoms with Gasteiger partial charge in [-0.25, -0.2) is 9.07 Å². The third-order valence-corrected chi connectivity index (χ3v) is 6.57. The predicted octanol–water partition coefficient (Wildman–Crippen LogP) is 3.49. The van der Waals surface area contributed by atoms with Crippen molar-refractivity contribution in [2.45, 2.75) is 25.6 Å². The van der Waals surface area contributed by atoms with Crippen molar-refractivity contribution in [2.75, 3.05) is 32.8 Å². The van der Waals surface area contributed by atoms with Gasteiger partial charge >= 0.3 is 0 Å². The van der Waals surface area contributed by atoms with Crippen molar-refractivity contribution >= 4 is 18.1 Å². The van der Waals surface area contributed by atoms with Gasteiger partial charge in [-0.3, -0.25) is 14.3 Å². The van der Waals surface area contributed by atoms with Crippen molar-refractivity contribution < 1.29 is 13.9 Å². The molecule has 9 heteroatoms. The van der Waals surface area contributed by atoms with Gasteiger partial charge in [-0.05, 0) is 49.3 Å². The first-order valence-corrected chi connectivity index (χ1v) is 11.6. The van der Waals surface area contributed by atoms with Crippen molar-refractivity contribution in [3.8, 4) is 17.1 Å². The summed E-state index contributed by atoms with van der Waals surface area (Å²) in [6.45, 7) is 4.00. The number of rotatable bonds is 5. The standard InChI is InChI=1S/C24H26FN5O2S/c25-19-8-10-20(11-9-19)30-22(18-5-2-1-3-6-18)26-29(24(30)33)17-27-12-14-28(15-13-27)23(31)21-7-4-16-32-21/h1-3,5-6,8-11,21H,4,7,12-17H2/t21-/m0/s1. The molecule has 33 heavy (non-hydrogen) atoms. The van der Waals surface area contributed by atoms with Crippen LogP contribution in [-0.2, 0) is 16.2 Å². The summed E-state index contributed by atoms with van der Waals surface area (Å²) < 4.78 is 23.3. The number of hydrogen-bond acceptors (Lipinski definition) is 5. The highest BCUT2D eigenvalue weighted by Gasteiger charge is 2.30. The van der Waals surface area contributed by atoms with Crippen LogP contribution in [0.1, 0.15) is 12.8 Å². The molecule has 2 saturated heterocycles. The predicted molar refractivity (Wildman–Crippen MR) is 125 cm³/mol. The second-order valence-electron chi connectivity index (χ2n) is 8.37. The molecule has 0 bridgehead atoms. The second-order valence-corrected chi connectivity index (χ2v) is 8.74. The van der Waals surface area contributed by atoms with Gasteiger partial charge in [0.1, 0.15) is 11.9 Å². The average Bonchev–Trinajstić information content (AvgIpc) is 3.49. The Morgan fingerprint density at radius 3 is 2.45 bits per heavy atom. The smallest absolute Gasteiger partial charge is 0.251 e. The normalized spacial score (nSPS) is 19.2. The summed E-state index contributed by atoms with van der Waals surface area (Å²) >= 11 is 5.80. The SMILES string of the molecule is O=C([C@@H]1CCCO1)N1CCN(Cn2nc(-c3ccccc3)n(-c3ccc(F)cc3)c2=S)CC1. The van der Waals surface area contributed by atoms with E-state index in [1.165, 1.54) is 12.1 Å². The summed E-state index contributed by atoms with van der Waals surface area (Å²) in [5, 5.41) is 4.83. The molecule has 3 aromatic rings. The van der Waals surface area contributed by atoms with Crippen LogP contribution in [0.5, 0.6) is 0 Å². The molecule has 1 aromatic heterocycles. The summed E-state index contributed by atoms with van der Waals surface area (Å²) in [6.07, 6.45) is 1.50. The van der Waals surface area contributed by atoms with E-state index in [0.717, 1.165) is 37.2 Å².